The largest absolute Gasteiger partial charge is 0.479 e. The zero-order valence-electron chi connectivity index (χ0n) is 14.7. The molecule has 0 saturated carbocycles. The van der Waals surface area contributed by atoms with Crippen LogP contribution in [0.2, 0.25) is 0 Å². The van der Waals surface area contributed by atoms with Crippen LogP contribution < -0.4 is 5.32 Å². The molecule has 2 aromatic rings. The molecule has 1 saturated heterocycles. The Morgan fingerprint density at radius 2 is 1.81 bits per heavy atom. The van der Waals surface area contributed by atoms with Crippen molar-refractivity contribution in [3.63, 3.8) is 0 Å². The van der Waals surface area contributed by atoms with Crippen LogP contribution in [0, 0.1) is 6.92 Å². The van der Waals surface area contributed by atoms with Crippen molar-refractivity contribution in [2.45, 2.75) is 19.0 Å². The minimum atomic E-state index is -2.41. The average Bonchev–Trinajstić information content (AvgIpc) is 3.07. The van der Waals surface area contributed by atoms with Crippen molar-refractivity contribution in [3.05, 3.63) is 65.2 Å². The monoisotopic (exact) mass is 370 g/mol. The number of alkyl halides is 1. The molecule has 1 unspecified atom stereocenters. The molecule has 3 rings (SSSR count). The zero-order valence-corrected chi connectivity index (χ0v) is 14.7. The summed E-state index contributed by atoms with van der Waals surface area (Å²) in [5.41, 5.74) is -0.429. The average molecular weight is 370 g/mol. The molecule has 1 atom stereocenters. The van der Waals surface area contributed by atoms with Crippen molar-refractivity contribution in [3.8, 4) is 0 Å². The fourth-order valence-electron chi connectivity index (χ4n) is 2.98. The summed E-state index contributed by atoms with van der Waals surface area (Å²) in [7, 11) is 0. The van der Waals surface area contributed by atoms with E-state index in [4.69, 9.17) is 5.11 Å². The summed E-state index contributed by atoms with van der Waals surface area (Å²) in [4.78, 5) is 37.2. The molecular weight excluding hydrogens is 351 g/mol. The third kappa shape index (κ3) is 3.81. The molecule has 0 aliphatic carbocycles. The Bertz CT molecular complexity index is 900. The van der Waals surface area contributed by atoms with Crippen LogP contribution in [0.1, 0.15) is 32.7 Å². The van der Waals surface area contributed by atoms with E-state index in [1.165, 1.54) is 11.0 Å². The molecule has 1 fully saturated rings. The maximum atomic E-state index is 14.2. The summed E-state index contributed by atoms with van der Waals surface area (Å²) in [6, 6.07) is 13.4. The Kier molecular flexibility index (Phi) is 4.94. The van der Waals surface area contributed by atoms with Gasteiger partial charge in [0, 0.05) is 29.8 Å². The van der Waals surface area contributed by atoms with E-state index in [1.807, 2.05) is 0 Å². The number of nitrogens with zero attached hydrogens (tertiary/aromatic N) is 1. The zero-order chi connectivity index (χ0) is 19.6. The van der Waals surface area contributed by atoms with Gasteiger partial charge in [-0.1, -0.05) is 24.3 Å². The fraction of sp³-hybridized carbons (Fsp3) is 0.250. The van der Waals surface area contributed by atoms with Gasteiger partial charge in [0.15, 0.2) is 0 Å². The van der Waals surface area contributed by atoms with Gasteiger partial charge in [-0.05, 0) is 36.8 Å². The van der Waals surface area contributed by atoms with Crippen LogP contribution >= 0.6 is 0 Å². The van der Waals surface area contributed by atoms with Crippen LogP contribution in [0.25, 0.3) is 0 Å². The molecular formula is C20H19FN2O4. The van der Waals surface area contributed by atoms with Crippen LogP contribution in [0.5, 0.6) is 0 Å². The molecule has 2 N–H and O–H groups in total. The van der Waals surface area contributed by atoms with E-state index in [1.54, 1.807) is 49.4 Å². The highest BCUT2D eigenvalue weighted by Gasteiger charge is 2.47. The molecule has 140 valence electrons. The number of halogens is 1. The van der Waals surface area contributed by atoms with Gasteiger partial charge < -0.3 is 15.3 Å². The van der Waals surface area contributed by atoms with E-state index in [-0.39, 0.29) is 24.4 Å². The first kappa shape index (κ1) is 18.6. The SMILES string of the molecule is Cc1ccc(C(=O)N2CCC(F)(C(=O)O)C2)cc1NC(=O)c1ccccc1. The maximum absolute atomic E-state index is 14.2. The van der Waals surface area contributed by atoms with E-state index in [2.05, 4.69) is 5.32 Å². The molecule has 27 heavy (non-hydrogen) atoms. The van der Waals surface area contributed by atoms with Gasteiger partial charge in [-0.15, -0.1) is 0 Å². The van der Waals surface area contributed by atoms with Gasteiger partial charge in [-0.25, -0.2) is 9.18 Å². The number of aliphatic carboxylic acids is 1. The van der Waals surface area contributed by atoms with Crippen molar-refractivity contribution < 1.29 is 23.9 Å². The van der Waals surface area contributed by atoms with Crippen molar-refractivity contribution >= 4 is 23.5 Å². The van der Waals surface area contributed by atoms with Crippen molar-refractivity contribution in [2.24, 2.45) is 0 Å². The minimum absolute atomic E-state index is 0.0290. The van der Waals surface area contributed by atoms with Crippen molar-refractivity contribution in [2.75, 3.05) is 18.4 Å². The number of carbonyl (C=O) groups excluding carboxylic acids is 2. The Morgan fingerprint density at radius 1 is 1.11 bits per heavy atom. The Hall–Kier alpha value is -3.22. The van der Waals surface area contributed by atoms with E-state index in [9.17, 15) is 18.8 Å². The number of carboxylic acid groups (broad SMARTS) is 1. The Balaban J connectivity index is 1.78. The van der Waals surface area contributed by atoms with Gasteiger partial charge in [-0.2, -0.15) is 0 Å². The smallest absolute Gasteiger partial charge is 0.343 e. The lowest BCUT2D eigenvalue weighted by Crippen LogP contribution is -2.38. The maximum Gasteiger partial charge on any atom is 0.343 e. The lowest BCUT2D eigenvalue weighted by molar-refractivity contribution is -0.149. The third-order valence-corrected chi connectivity index (χ3v) is 4.66. The van der Waals surface area contributed by atoms with Crippen molar-refractivity contribution in [1.29, 1.82) is 0 Å². The molecule has 1 aliphatic rings. The number of carboxylic acids is 1. The minimum Gasteiger partial charge on any atom is -0.479 e. The summed E-state index contributed by atoms with van der Waals surface area (Å²) in [6.45, 7) is 1.34. The Labute approximate surface area is 155 Å². The van der Waals surface area contributed by atoms with Gasteiger partial charge in [0.1, 0.15) is 0 Å². The second-order valence-electron chi connectivity index (χ2n) is 6.60. The van der Waals surface area contributed by atoms with Gasteiger partial charge in [0.2, 0.25) is 5.67 Å². The molecule has 1 aliphatic heterocycles. The summed E-state index contributed by atoms with van der Waals surface area (Å²) in [6.07, 6.45) is -0.239. The number of hydrogen-bond acceptors (Lipinski definition) is 3. The standard InChI is InChI=1S/C20H19FN2O4/c1-13-7-8-15(18(25)23-10-9-20(21,12-23)19(26)27)11-16(13)22-17(24)14-5-3-2-4-6-14/h2-8,11H,9-10,12H2,1H3,(H,22,24)(H,26,27). The van der Waals surface area contributed by atoms with Gasteiger partial charge in [0.25, 0.3) is 11.8 Å². The number of rotatable bonds is 4. The summed E-state index contributed by atoms with van der Waals surface area (Å²) in [5.74, 6) is -2.33. The second-order valence-corrected chi connectivity index (χ2v) is 6.60. The lowest BCUT2D eigenvalue weighted by atomic mass is 10.1. The number of hydrogen-bond donors (Lipinski definition) is 2. The summed E-state index contributed by atoms with van der Waals surface area (Å²) in [5, 5.41) is 11.7. The quantitative estimate of drug-likeness (QED) is 0.866. The Morgan fingerprint density at radius 3 is 2.44 bits per heavy atom. The molecule has 7 heteroatoms. The van der Waals surface area contributed by atoms with E-state index in [0.717, 1.165) is 5.56 Å². The van der Waals surface area contributed by atoms with E-state index >= 15 is 0 Å². The summed E-state index contributed by atoms with van der Waals surface area (Å²) >= 11 is 0. The molecule has 0 aromatic heterocycles. The fourth-order valence-corrected chi connectivity index (χ4v) is 2.98. The molecule has 0 bridgehead atoms. The first-order chi connectivity index (χ1) is 12.8. The van der Waals surface area contributed by atoms with Gasteiger partial charge >= 0.3 is 5.97 Å². The van der Waals surface area contributed by atoms with Crippen LogP contribution in [-0.4, -0.2) is 46.5 Å². The van der Waals surface area contributed by atoms with E-state index in [0.29, 0.717) is 11.3 Å². The predicted octanol–water partition coefficient (Wildman–Crippen LogP) is 2.89. The topological polar surface area (TPSA) is 86.7 Å². The molecule has 0 spiro atoms. The molecule has 6 nitrogen and oxygen atoms in total. The van der Waals surface area contributed by atoms with Crippen molar-refractivity contribution in [1.82, 2.24) is 4.90 Å². The first-order valence-corrected chi connectivity index (χ1v) is 8.49. The lowest BCUT2D eigenvalue weighted by Gasteiger charge is -2.18. The van der Waals surface area contributed by atoms with Crippen LogP contribution in [0.15, 0.2) is 48.5 Å². The third-order valence-electron chi connectivity index (χ3n) is 4.66. The number of nitrogens with one attached hydrogen (secondary N) is 1. The number of carbonyl (C=O) groups is 3. The number of likely N-dealkylation sites (tertiary alicyclic amines) is 1. The number of benzene rings is 2. The number of amides is 2. The second kappa shape index (κ2) is 7.19. The highest BCUT2D eigenvalue weighted by Crippen LogP contribution is 2.28. The predicted molar refractivity (Wildman–Crippen MR) is 97.6 cm³/mol. The highest BCUT2D eigenvalue weighted by atomic mass is 19.1. The van der Waals surface area contributed by atoms with Crippen LogP contribution in [0.4, 0.5) is 10.1 Å². The van der Waals surface area contributed by atoms with Crippen LogP contribution in [-0.2, 0) is 4.79 Å². The first-order valence-electron chi connectivity index (χ1n) is 8.49. The van der Waals surface area contributed by atoms with Gasteiger partial charge in [-0.3, -0.25) is 9.59 Å². The molecule has 0 radical (unpaired) electrons. The normalized spacial score (nSPS) is 19.0. The van der Waals surface area contributed by atoms with Gasteiger partial charge in [0.05, 0.1) is 6.54 Å². The van der Waals surface area contributed by atoms with Crippen LogP contribution in [0.3, 0.4) is 0 Å². The molecule has 2 amide bonds. The highest BCUT2D eigenvalue weighted by molar-refractivity contribution is 6.05. The summed E-state index contributed by atoms with van der Waals surface area (Å²) < 4.78 is 14.2. The number of anilines is 1. The van der Waals surface area contributed by atoms with E-state index < -0.39 is 24.1 Å². The number of aryl methyl sites for hydroxylation is 1. The molecule has 2 aromatic carbocycles. The molecule has 1 heterocycles.